The lowest BCUT2D eigenvalue weighted by Gasteiger charge is -2.03. The van der Waals surface area contributed by atoms with Crippen LogP contribution in [0.1, 0.15) is 23.2 Å². The second-order valence-electron chi connectivity index (χ2n) is 3.39. The second kappa shape index (κ2) is 7.00. The first-order valence-corrected chi connectivity index (χ1v) is 6.51. The molecule has 1 rings (SSSR count). The van der Waals surface area contributed by atoms with E-state index in [1.165, 1.54) is 0 Å². The van der Waals surface area contributed by atoms with Gasteiger partial charge in [-0.05, 0) is 25.0 Å². The molecule has 0 aromatic heterocycles. The summed E-state index contributed by atoms with van der Waals surface area (Å²) in [6.45, 7) is 0.511. The van der Waals surface area contributed by atoms with Crippen LogP contribution in [0.25, 0.3) is 0 Å². The number of hydrogen-bond acceptors (Lipinski definition) is 3. The summed E-state index contributed by atoms with van der Waals surface area (Å²) >= 11 is 0. The molecular weight excluding hydrogens is 226 g/mol. The smallest absolute Gasteiger partial charge is 0.251 e. The number of amides is 1. The maximum Gasteiger partial charge on any atom is 0.251 e. The molecule has 88 valence electrons. The zero-order chi connectivity index (χ0) is 11.8. The molecule has 1 aromatic carbocycles. The minimum atomic E-state index is -2.29. The highest BCUT2D eigenvalue weighted by atomic mass is 32.2. The van der Waals surface area contributed by atoms with Crippen molar-refractivity contribution in [3.05, 3.63) is 35.9 Å². The van der Waals surface area contributed by atoms with E-state index in [1.54, 1.807) is 24.3 Å². The Hall–Kier alpha value is -1.36. The number of carbonyl (C=O) groups is 1. The molecule has 0 spiro atoms. The number of carbonyl (C=O) groups excluding carboxylic acids is 1. The molecule has 0 atom stereocenters. The fourth-order valence-electron chi connectivity index (χ4n) is 1.26. The summed E-state index contributed by atoms with van der Waals surface area (Å²) in [5, 5.41) is 2.74. The zero-order valence-electron chi connectivity index (χ0n) is 8.89. The third-order valence-corrected chi connectivity index (χ3v) is 2.77. The van der Waals surface area contributed by atoms with E-state index in [0.29, 0.717) is 24.9 Å². The summed E-state index contributed by atoms with van der Waals surface area (Å²) in [7, 11) is -2.29. The number of benzene rings is 1. The molecule has 0 aliphatic carbocycles. The molecule has 5 heteroatoms. The molecule has 0 saturated heterocycles. The first kappa shape index (κ1) is 12.7. The van der Waals surface area contributed by atoms with Gasteiger partial charge in [-0.3, -0.25) is 4.79 Å². The number of nitrogens with one attached hydrogen (secondary N) is 1. The van der Waals surface area contributed by atoms with Crippen LogP contribution in [-0.4, -0.2) is 26.6 Å². The van der Waals surface area contributed by atoms with Crippen molar-refractivity contribution in [2.45, 2.75) is 12.8 Å². The molecule has 0 aliphatic heterocycles. The van der Waals surface area contributed by atoms with Crippen LogP contribution in [0.3, 0.4) is 0 Å². The Labute approximate surface area is 96.6 Å². The van der Waals surface area contributed by atoms with E-state index in [9.17, 15) is 13.2 Å². The van der Waals surface area contributed by atoms with Gasteiger partial charge in [0.2, 0.25) is 0 Å². The van der Waals surface area contributed by atoms with Gasteiger partial charge in [-0.2, -0.15) is 0 Å². The van der Waals surface area contributed by atoms with Gasteiger partial charge in [-0.1, -0.05) is 18.2 Å². The lowest BCUT2D eigenvalue weighted by Crippen LogP contribution is -2.24. The van der Waals surface area contributed by atoms with E-state index in [0.717, 1.165) is 0 Å². The highest BCUT2D eigenvalue weighted by molar-refractivity contribution is 7.72. The van der Waals surface area contributed by atoms with Crippen LogP contribution in [0.15, 0.2) is 30.3 Å². The SMILES string of the molecule is O=C(NCCCC[SH](=O)=O)c1ccccc1. The largest absolute Gasteiger partial charge is 0.352 e. The van der Waals surface area contributed by atoms with Crippen molar-refractivity contribution in [1.29, 1.82) is 0 Å². The number of unbranched alkanes of at least 4 members (excludes halogenated alkanes) is 1. The monoisotopic (exact) mass is 241 g/mol. The van der Waals surface area contributed by atoms with Gasteiger partial charge in [0.15, 0.2) is 0 Å². The maximum atomic E-state index is 11.5. The van der Waals surface area contributed by atoms with Crippen LogP contribution in [0.5, 0.6) is 0 Å². The summed E-state index contributed by atoms with van der Waals surface area (Å²) in [6.07, 6.45) is 1.27. The van der Waals surface area contributed by atoms with Gasteiger partial charge in [-0.25, -0.2) is 8.42 Å². The normalized spacial score (nSPS) is 10.3. The molecule has 1 aromatic rings. The predicted octanol–water partition coefficient (Wildman–Crippen LogP) is 0.808. The van der Waals surface area contributed by atoms with Crippen molar-refractivity contribution in [1.82, 2.24) is 5.32 Å². The van der Waals surface area contributed by atoms with Crippen LogP contribution in [-0.2, 0) is 10.7 Å². The fraction of sp³-hybridized carbons (Fsp3) is 0.364. The van der Waals surface area contributed by atoms with Gasteiger partial charge in [-0.15, -0.1) is 0 Å². The van der Waals surface area contributed by atoms with Crippen molar-refractivity contribution in [3.63, 3.8) is 0 Å². The van der Waals surface area contributed by atoms with E-state index in [-0.39, 0.29) is 11.7 Å². The van der Waals surface area contributed by atoms with Crippen molar-refractivity contribution >= 4 is 16.6 Å². The summed E-state index contributed by atoms with van der Waals surface area (Å²) in [5.41, 5.74) is 0.623. The summed E-state index contributed by atoms with van der Waals surface area (Å²) in [4.78, 5) is 11.5. The molecule has 16 heavy (non-hydrogen) atoms. The van der Waals surface area contributed by atoms with Crippen LogP contribution < -0.4 is 5.32 Å². The molecular formula is C11H15NO3S. The predicted molar refractivity (Wildman–Crippen MR) is 63.2 cm³/mol. The van der Waals surface area contributed by atoms with Crippen molar-refractivity contribution in [3.8, 4) is 0 Å². The Morgan fingerprint density at radius 3 is 2.44 bits per heavy atom. The summed E-state index contributed by atoms with van der Waals surface area (Å²) in [6, 6.07) is 8.93. The molecule has 0 fully saturated rings. The van der Waals surface area contributed by atoms with Crippen LogP contribution in [0, 0.1) is 0 Å². The molecule has 1 N–H and O–H groups in total. The molecule has 0 unspecified atom stereocenters. The summed E-state index contributed by atoms with van der Waals surface area (Å²) in [5.74, 6) is 0.0726. The topological polar surface area (TPSA) is 63.2 Å². The zero-order valence-corrected chi connectivity index (χ0v) is 9.78. The van der Waals surface area contributed by atoms with Gasteiger partial charge in [0, 0.05) is 17.9 Å². The van der Waals surface area contributed by atoms with Crippen LogP contribution >= 0.6 is 0 Å². The minimum Gasteiger partial charge on any atom is -0.352 e. The standard InChI is InChI=1S/C11H15NO3S/c13-11(10-6-2-1-3-7-10)12-8-4-5-9-16(14)15/h1-3,6-7,16H,4-5,8-9H2,(H,12,13). The summed E-state index contributed by atoms with van der Waals surface area (Å²) < 4.78 is 20.5. The Morgan fingerprint density at radius 2 is 1.81 bits per heavy atom. The lowest BCUT2D eigenvalue weighted by molar-refractivity contribution is 0.0953. The van der Waals surface area contributed by atoms with Crippen molar-refractivity contribution < 1.29 is 13.2 Å². The minimum absolute atomic E-state index is 0.118. The average Bonchev–Trinajstić information content (AvgIpc) is 2.29. The highest BCUT2D eigenvalue weighted by Gasteiger charge is 2.02. The molecule has 1 amide bonds. The molecule has 0 radical (unpaired) electrons. The maximum absolute atomic E-state index is 11.5. The second-order valence-corrected chi connectivity index (χ2v) is 4.50. The average molecular weight is 241 g/mol. The van der Waals surface area contributed by atoms with E-state index in [2.05, 4.69) is 5.32 Å². The third kappa shape index (κ3) is 4.93. The van der Waals surface area contributed by atoms with E-state index in [1.807, 2.05) is 6.07 Å². The van der Waals surface area contributed by atoms with Gasteiger partial charge in [0.1, 0.15) is 10.7 Å². The quantitative estimate of drug-likeness (QED) is 0.572. The number of thiol groups is 1. The van der Waals surface area contributed by atoms with Crippen molar-refractivity contribution in [2.24, 2.45) is 0 Å². The van der Waals surface area contributed by atoms with E-state index >= 15 is 0 Å². The molecule has 0 heterocycles. The van der Waals surface area contributed by atoms with E-state index < -0.39 is 10.7 Å². The Balaban J connectivity index is 2.21. The van der Waals surface area contributed by atoms with Crippen LogP contribution in [0.2, 0.25) is 0 Å². The van der Waals surface area contributed by atoms with Gasteiger partial charge < -0.3 is 5.32 Å². The molecule has 0 saturated carbocycles. The Kier molecular flexibility index (Phi) is 5.56. The van der Waals surface area contributed by atoms with Crippen LogP contribution in [0.4, 0.5) is 0 Å². The van der Waals surface area contributed by atoms with Gasteiger partial charge >= 0.3 is 0 Å². The lowest BCUT2D eigenvalue weighted by atomic mass is 10.2. The highest BCUT2D eigenvalue weighted by Crippen LogP contribution is 1.97. The van der Waals surface area contributed by atoms with Gasteiger partial charge in [0.05, 0.1) is 0 Å². The Bertz CT molecular complexity index is 393. The number of hydrogen-bond donors (Lipinski definition) is 2. The molecule has 4 nitrogen and oxygen atoms in total. The third-order valence-electron chi connectivity index (χ3n) is 2.09. The van der Waals surface area contributed by atoms with E-state index in [4.69, 9.17) is 0 Å². The first-order valence-electron chi connectivity index (χ1n) is 5.15. The Morgan fingerprint density at radius 1 is 1.12 bits per heavy atom. The molecule has 0 bridgehead atoms. The fourth-order valence-corrected chi connectivity index (χ4v) is 1.74. The number of rotatable bonds is 6. The van der Waals surface area contributed by atoms with Gasteiger partial charge in [0.25, 0.3) is 5.91 Å². The van der Waals surface area contributed by atoms with Crippen molar-refractivity contribution in [2.75, 3.05) is 12.3 Å². The first-order chi connectivity index (χ1) is 7.70. The molecule has 0 aliphatic rings.